The molecule has 0 unspecified atom stereocenters. The number of aromatic nitrogens is 6. The Balaban J connectivity index is 1.49. The topological polar surface area (TPSA) is 160 Å². The normalized spacial score (nSPS) is 13.7. The Labute approximate surface area is 550 Å². The van der Waals surface area contributed by atoms with Crippen LogP contribution < -0.4 is 0 Å². The van der Waals surface area contributed by atoms with Crippen molar-refractivity contribution < 1.29 is 14.5 Å². The maximum absolute atomic E-state index is 15.9. The highest BCUT2D eigenvalue weighted by molar-refractivity contribution is 6.52. The maximum Gasteiger partial charge on any atom is 0.271 e. The number of rotatable bonds is 5. The van der Waals surface area contributed by atoms with E-state index in [1.807, 2.05) is 24.3 Å². The van der Waals surface area contributed by atoms with Crippen LogP contribution in [0.3, 0.4) is 0 Å². The first-order valence-corrected chi connectivity index (χ1v) is 32.8. The van der Waals surface area contributed by atoms with Crippen LogP contribution in [0.15, 0.2) is 115 Å². The smallest absolute Gasteiger partial charge is 0.271 e. The molecule has 480 valence electrons. The van der Waals surface area contributed by atoms with Crippen LogP contribution in [0.4, 0.5) is 5.69 Å². The maximum atomic E-state index is 15.9. The molecule has 5 aromatic carbocycles. The van der Waals surface area contributed by atoms with Gasteiger partial charge in [0.1, 0.15) is 34.2 Å². The van der Waals surface area contributed by atoms with Gasteiger partial charge in [-0.1, -0.05) is 239 Å². The van der Waals surface area contributed by atoms with Crippen LogP contribution in [-0.4, -0.2) is 46.4 Å². The van der Waals surface area contributed by atoms with Crippen molar-refractivity contribution in [3.8, 4) is 67.3 Å². The van der Waals surface area contributed by atoms with Crippen molar-refractivity contribution in [2.24, 2.45) is 0 Å². The van der Waals surface area contributed by atoms with Crippen molar-refractivity contribution in [3.63, 3.8) is 0 Å². The Morgan fingerprint density at radius 3 is 0.774 bits per heavy atom. The molecule has 8 bridgehead atoms. The molecule has 9 aromatic rings. The number of hydrogen-bond donors (Lipinski definition) is 2. The zero-order chi connectivity index (χ0) is 68.2. The molecule has 4 aromatic heterocycles. The summed E-state index contributed by atoms with van der Waals surface area (Å²) in [5.74, 6) is -1.42. The van der Waals surface area contributed by atoms with Crippen LogP contribution >= 0.6 is 0 Å². The Morgan fingerprint density at radius 1 is 0.290 bits per heavy atom. The van der Waals surface area contributed by atoms with Gasteiger partial charge in [-0.25, -0.2) is 19.9 Å². The summed E-state index contributed by atoms with van der Waals surface area (Å²) in [5, 5.41) is 12.6. The second-order valence-corrected chi connectivity index (χ2v) is 34.4. The van der Waals surface area contributed by atoms with Gasteiger partial charge in [-0.15, -0.1) is 0 Å². The highest BCUT2D eigenvalue weighted by Gasteiger charge is 2.37. The minimum absolute atomic E-state index is 0.0269. The number of aromatic amines is 2. The van der Waals surface area contributed by atoms with Gasteiger partial charge in [0.2, 0.25) is 0 Å². The van der Waals surface area contributed by atoms with Gasteiger partial charge in [-0.2, -0.15) is 0 Å². The Hall–Kier alpha value is -8.70. The number of carbonyl (C=O) groups is 2. The summed E-state index contributed by atoms with van der Waals surface area (Å²) in [5.41, 5.74) is 16.8. The molecule has 0 fully saturated rings. The second-order valence-electron chi connectivity index (χ2n) is 34.4. The van der Waals surface area contributed by atoms with Crippen LogP contribution in [0.5, 0.6) is 0 Å². The van der Waals surface area contributed by atoms with E-state index in [-0.39, 0.29) is 60.4 Å². The molecule has 2 aliphatic heterocycles. The third kappa shape index (κ3) is 12.4. The summed E-state index contributed by atoms with van der Waals surface area (Å²) in [4.78, 5) is 74.3. The first kappa shape index (κ1) is 65.8. The zero-order valence-electron chi connectivity index (χ0n) is 59.3. The first-order chi connectivity index (χ1) is 42.7. The number of ketones is 2. The van der Waals surface area contributed by atoms with Gasteiger partial charge in [0.25, 0.3) is 17.3 Å². The number of non-ortho nitro benzene ring substituents is 1. The lowest BCUT2D eigenvalue weighted by atomic mass is 9.78. The number of Topliss-reactive ketones (excluding diaryl/α,β-unsaturated/α-hetero) is 2. The van der Waals surface area contributed by atoms with Crippen molar-refractivity contribution in [1.82, 2.24) is 29.9 Å². The fourth-order valence-electron chi connectivity index (χ4n) is 12.4. The number of nitro benzene ring substituents is 1. The molecule has 0 atom stereocenters. The molecule has 0 saturated carbocycles. The first-order valence-electron chi connectivity index (χ1n) is 32.8. The van der Waals surface area contributed by atoms with E-state index in [2.05, 4.69) is 249 Å². The lowest BCUT2D eigenvalue weighted by Gasteiger charge is -2.26. The van der Waals surface area contributed by atoms with E-state index in [0.717, 1.165) is 66.8 Å². The minimum Gasteiger partial charge on any atom is -0.354 e. The predicted molar refractivity (Wildman–Crippen MR) is 385 cm³/mol. The van der Waals surface area contributed by atoms with Gasteiger partial charge in [-0.05, 0) is 140 Å². The van der Waals surface area contributed by atoms with Gasteiger partial charge in [0, 0.05) is 56.5 Å². The van der Waals surface area contributed by atoms with E-state index < -0.39 is 16.5 Å². The molecule has 11 rings (SSSR count). The Bertz CT molecular complexity index is 4690. The van der Waals surface area contributed by atoms with E-state index >= 15 is 9.59 Å². The fraction of sp³-hybridized carbons (Fsp3) is 0.390. The molecule has 11 nitrogen and oxygen atoms in total. The molecule has 0 amide bonds. The minimum atomic E-state index is -0.715. The number of nitrogens with zero attached hydrogens (tertiary/aromatic N) is 5. The second kappa shape index (κ2) is 22.0. The molecular formula is C82H93N7O4. The molecule has 93 heavy (non-hydrogen) atoms. The SMILES string of the molecule is CC(C)(C)c1cc(-c2c3nc(c(-c4cc(C(C)(C)C)cc(C(C)(C)C)c4)c4ccc([nH]4)c(-c4cc(C(C)(C)C)cc(C(C)(C)C)c4)c4nc(c(-c5cc(C(C)(C)C)cc(C(C)(C)C)c5)c5ccc2[nH]5)-c2nc5ccc([N+](=O)[O-])cc5nc2-4)C(=O)C3=O)cc(C(C)(C)C)c1. The van der Waals surface area contributed by atoms with Crippen molar-refractivity contribution >= 4 is 50.4 Å². The van der Waals surface area contributed by atoms with E-state index in [1.54, 1.807) is 6.07 Å². The van der Waals surface area contributed by atoms with E-state index in [9.17, 15) is 10.1 Å². The lowest BCUT2D eigenvalue weighted by molar-refractivity contribution is -0.384. The molecular weight excluding hydrogens is 1150 g/mol. The van der Waals surface area contributed by atoms with Crippen molar-refractivity contribution in [3.05, 3.63) is 181 Å². The number of H-pyrrole nitrogens is 2. The highest BCUT2D eigenvalue weighted by Crippen LogP contribution is 2.49. The molecule has 0 radical (unpaired) electrons. The summed E-state index contributed by atoms with van der Waals surface area (Å²) in [6, 6.07) is 39.4. The lowest BCUT2D eigenvalue weighted by Crippen LogP contribution is -2.17. The van der Waals surface area contributed by atoms with Crippen molar-refractivity contribution in [2.45, 2.75) is 209 Å². The van der Waals surface area contributed by atoms with Crippen LogP contribution in [0.2, 0.25) is 0 Å². The third-order valence-electron chi connectivity index (χ3n) is 18.6. The van der Waals surface area contributed by atoms with Crippen LogP contribution in [0, 0.1) is 10.1 Å². The van der Waals surface area contributed by atoms with Gasteiger partial charge >= 0.3 is 0 Å². The summed E-state index contributed by atoms with van der Waals surface area (Å²) in [6.07, 6.45) is 0. The molecule has 2 N–H and O–H groups in total. The number of benzene rings is 5. The number of nitro groups is 1. The summed E-state index contributed by atoms with van der Waals surface area (Å²) in [7, 11) is 0. The van der Waals surface area contributed by atoms with Crippen molar-refractivity contribution in [2.75, 3.05) is 0 Å². The zero-order valence-corrected chi connectivity index (χ0v) is 59.3. The molecule has 6 heterocycles. The average Bonchev–Trinajstić information content (AvgIpc) is 1.61. The van der Waals surface area contributed by atoms with E-state index in [0.29, 0.717) is 78.1 Å². The summed E-state index contributed by atoms with van der Waals surface area (Å²) in [6.45, 7) is 52.9. The molecule has 0 spiro atoms. The number of nitrogens with one attached hydrogen (secondary N) is 2. The van der Waals surface area contributed by atoms with Crippen molar-refractivity contribution in [1.29, 1.82) is 0 Å². The van der Waals surface area contributed by atoms with Crippen LogP contribution in [0.1, 0.15) is 232 Å². The number of fused-ring (bicyclic) bond motifs is 12. The highest BCUT2D eigenvalue weighted by atomic mass is 16.6. The quantitative estimate of drug-likeness (QED) is 0.0978. The number of carbonyl (C=O) groups excluding carboxylic acids is 2. The third-order valence-corrected chi connectivity index (χ3v) is 18.6. The summed E-state index contributed by atoms with van der Waals surface area (Å²) >= 11 is 0. The predicted octanol–water partition coefficient (Wildman–Crippen LogP) is 21.6. The molecule has 11 heteroatoms. The Kier molecular flexibility index (Phi) is 15.5. The molecule has 0 aliphatic carbocycles. The monoisotopic (exact) mass is 1240 g/mol. The van der Waals surface area contributed by atoms with Crippen LogP contribution in [0.25, 0.3) is 100 Å². The Morgan fingerprint density at radius 2 is 0.527 bits per heavy atom. The van der Waals surface area contributed by atoms with Gasteiger partial charge in [-0.3, -0.25) is 19.7 Å². The summed E-state index contributed by atoms with van der Waals surface area (Å²) < 4.78 is 0. The molecule has 2 aliphatic rings. The fourth-order valence-corrected chi connectivity index (χ4v) is 12.4. The standard InChI is InChI=1S/C82H93N7O4/c1-75(2,3)48-31-44(32-49(39-48)76(4,5)6)63-58-27-29-60(83-58)65(46-35-52(79(13,14)15)41-53(36-46)80(16,17)18)69-73(90)74(91)70(88-69)66(47-37-54(81(19,20)21)42-55(38-47)82(22,23)24)61-30-28-59(84-61)64(45-33-50(77(7,8)9)40-51(34-45)78(10,11)12)68-72-71(67(63)87-68)85-57-26-25-56(89(92)93)43-62(57)86-72/h25-43,83-84H,1-24H3. The van der Waals surface area contributed by atoms with E-state index in [1.165, 1.54) is 12.1 Å². The van der Waals surface area contributed by atoms with Gasteiger partial charge < -0.3 is 9.97 Å². The van der Waals surface area contributed by atoms with Gasteiger partial charge in [0.15, 0.2) is 0 Å². The van der Waals surface area contributed by atoms with Crippen LogP contribution in [-0.2, 0) is 43.3 Å². The van der Waals surface area contributed by atoms with E-state index in [4.69, 9.17) is 19.9 Å². The average molecular weight is 1240 g/mol. The van der Waals surface area contributed by atoms with Gasteiger partial charge in [0.05, 0.1) is 16.0 Å². The largest absolute Gasteiger partial charge is 0.354 e. The molecule has 0 saturated heterocycles. The number of hydrogen-bond acceptors (Lipinski definition) is 8.